The Kier molecular flexibility index (Phi) is 3.15. The van der Waals surface area contributed by atoms with E-state index < -0.39 is 0 Å². The highest BCUT2D eigenvalue weighted by Gasteiger charge is 2.18. The van der Waals surface area contributed by atoms with Crippen LogP contribution >= 0.6 is 11.6 Å². The zero-order valence-electron chi connectivity index (χ0n) is 9.36. The number of aldehydes is 1. The Morgan fingerprint density at radius 1 is 1.47 bits per heavy atom. The number of halogens is 1. The molecule has 0 amide bonds. The van der Waals surface area contributed by atoms with Gasteiger partial charge in [-0.15, -0.1) is 0 Å². The third-order valence-corrected chi connectivity index (χ3v) is 2.67. The normalized spacial score (nSPS) is 10.3. The van der Waals surface area contributed by atoms with Gasteiger partial charge in [-0.1, -0.05) is 16.8 Å². The van der Waals surface area contributed by atoms with Crippen LogP contribution in [0.2, 0.25) is 5.02 Å². The summed E-state index contributed by atoms with van der Waals surface area (Å²) in [4.78, 5) is 11.0. The second-order valence-electron chi connectivity index (χ2n) is 3.47. The molecular formula is C12H10ClNO3. The number of benzene rings is 1. The highest BCUT2D eigenvalue weighted by Crippen LogP contribution is 2.34. The minimum Gasteiger partial charge on any atom is -0.496 e. The quantitative estimate of drug-likeness (QED) is 0.787. The largest absolute Gasteiger partial charge is 0.496 e. The van der Waals surface area contributed by atoms with Crippen LogP contribution in [-0.4, -0.2) is 18.6 Å². The Balaban J connectivity index is 2.66. The summed E-state index contributed by atoms with van der Waals surface area (Å²) in [6, 6.07) is 5.09. The molecule has 0 saturated heterocycles. The van der Waals surface area contributed by atoms with E-state index in [4.69, 9.17) is 20.9 Å². The van der Waals surface area contributed by atoms with Crippen molar-refractivity contribution in [2.75, 3.05) is 7.11 Å². The average molecular weight is 252 g/mol. The molecule has 1 aromatic heterocycles. The summed E-state index contributed by atoms with van der Waals surface area (Å²) in [6.45, 7) is 1.70. The van der Waals surface area contributed by atoms with Crippen molar-refractivity contribution >= 4 is 17.9 Å². The fourth-order valence-corrected chi connectivity index (χ4v) is 1.74. The standard InChI is InChI=1S/C12H10ClNO3/c1-7-10(6-15)12(17-14-7)9-5-8(13)3-4-11(9)16-2/h3-6H,1-2H3. The van der Waals surface area contributed by atoms with Gasteiger partial charge >= 0.3 is 0 Å². The second kappa shape index (κ2) is 4.59. The molecule has 0 bridgehead atoms. The van der Waals surface area contributed by atoms with Crippen molar-refractivity contribution in [3.63, 3.8) is 0 Å². The molecular weight excluding hydrogens is 242 g/mol. The number of carbonyl (C=O) groups is 1. The summed E-state index contributed by atoms with van der Waals surface area (Å²) in [6.07, 6.45) is 0.710. The average Bonchev–Trinajstić information content (AvgIpc) is 2.70. The molecule has 88 valence electrons. The van der Waals surface area contributed by atoms with Crippen LogP contribution in [0.5, 0.6) is 5.75 Å². The number of nitrogens with zero attached hydrogens (tertiary/aromatic N) is 1. The minimum atomic E-state index is 0.372. The van der Waals surface area contributed by atoms with Gasteiger partial charge in [-0.05, 0) is 25.1 Å². The van der Waals surface area contributed by atoms with Crippen LogP contribution in [-0.2, 0) is 0 Å². The second-order valence-corrected chi connectivity index (χ2v) is 3.91. The highest BCUT2D eigenvalue weighted by molar-refractivity contribution is 6.31. The van der Waals surface area contributed by atoms with E-state index in [1.54, 1.807) is 25.1 Å². The SMILES string of the molecule is COc1ccc(Cl)cc1-c1onc(C)c1C=O. The molecule has 0 atom stereocenters. The summed E-state index contributed by atoms with van der Waals surface area (Å²) >= 11 is 5.92. The van der Waals surface area contributed by atoms with E-state index in [9.17, 15) is 4.79 Å². The van der Waals surface area contributed by atoms with E-state index in [0.717, 1.165) is 0 Å². The number of aromatic nitrogens is 1. The smallest absolute Gasteiger partial charge is 0.181 e. The predicted octanol–water partition coefficient (Wildman–Crippen LogP) is 3.12. The van der Waals surface area contributed by atoms with Gasteiger partial charge in [0.05, 0.1) is 23.9 Å². The van der Waals surface area contributed by atoms with Gasteiger partial charge in [-0.25, -0.2) is 0 Å². The molecule has 2 rings (SSSR count). The number of rotatable bonds is 3. The molecule has 0 fully saturated rings. The van der Waals surface area contributed by atoms with E-state index in [-0.39, 0.29) is 0 Å². The van der Waals surface area contributed by atoms with Crippen molar-refractivity contribution < 1.29 is 14.1 Å². The predicted molar refractivity (Wildman–Crippen MR) is 63.6 cm³/mol. The first-order valence-electron chi connectivity index (χ1n) is 4.92. The number of hydrogen-bond donors (Lipinski definition) is 0. The van der Waals surface area contributed by atoms with Crippen molar-refractivity contribution in [1.29, 1.82) is 0 Å². The van der Waals surface area contributed by atoms with Gasteiger partial charge in [-0.3, -0.25) is 4.79 Å². The maximum absolute atomic E-state index is 11.0. The zero-order chi connectivity index (χ0) is 12.4. The summed E-state index contributed by atoms with van der Waals surface area (Å²) in [7, 11) is 1.54. The van der Waals surface area contributed by atoms with E-state index in [1.807, 2.05) is 0 Å². The van der Waals surface area contributed by atoms with Crippen LogP contribution in [0.25, 0.3) is 11.3 Å². The van der Waals surface area contributed by atoms with Gasteiger partial charge in [0.25, 0.3) is 0 Å². The lowest BCUT2D eigenvalue weighted by atomic mass is 10.1. The molecule has 17 heavy (non-hydrogen) atoms. The van der Waals surface area contributed by atoms with E-state index >= 15 is 0 Å². The number of methoxy groups -OCH3 is 1. The Labute approximate surface area is 103 Å². The molecule has 0 radical (unpaired) electrons. The van der Waals surface area contributed by atoms with Crippen molar-refractivity contribution in [1.82, 2.24) is 5.16 Å². The lowest BCUT2D eigenvalue weighted by Crippen LogP contribution is -1.90. The van der Waals surface area contributed by atoms with Crippen LogP contribution in [0.15, 0.2) is 22.7 Å². The van der Waals surface area contributed by atoms with E-state index in [2.05, 4.69) is 5.16 Å². The van der Waals surface area contributed by atoms with Gasteiger partial charge in [0.1, 0.15) is 5.75 Å². The lowest BCUT2D eigenvalue weighted by Gasteiger charge is -2.06. The van der Waals surface area contributed by atoms with Gasteiger partial charge in [-0.2, -0.15) is 0 Å². The molecule has 0 N–H and O–H groups in total. The van der Waals surface area contributed by atoms with Gasteiger partial charge < -0.3 is 9.26 Å². The molecule has 5 heteroatoms. The summed E-state index contributed by atoms with van der Waals surface area (Å²) in [5.41, 5.74) is 1.56. The fraction of sp³-hybridized carbons (Fsp3) is 0.167. The van der Waals surface area contributed by atoms with Crippen molar-refractivity contribution in [3.8, 4) is 17.1 Å². The first kappa shape index (κ1) is 11.7. The third-order valence-electron chi connectivity index (χ3n) is 2.43. The Morgan fingerprint density at radius 2 is 2.24 bits per heavy atom. The summed E-state index contributed by atoms with van der Waals surface area (Å²) in [5, 5.41) is 4.30. The van der Waals surface area contributed by atoms with Crippen molar-refractivity contribution in [2.24, 2.45) is 0 Å². The number of aryl methyl sites for hydroxylation is 1. The van der Waals surface area contributed by atoms with Crippen LogP contribution in [0.4, 0.5) is 0 Å². The Bertz CT molecular complexity index is 563. The summed E-state index contributed by atoms with van der Waals surface area (Å²) < 4.78 is 10.4. The minimum absolute atomic E-state index is 0.372. The molecule has 1 aromatic carbocycles. The number of carbonyl (C=O) groups excluding carboxylic acids is 1. The first-order chi connectivity index (χ1) is 8.17. The molecule has 0 aliphatic rings. The Morgan fingerprint density at radius 3 is 2.88 bits per heavy atom. The summed E-state index contributed by atoms with van der Waals surface area (Å²) in [5.74, 6) is 0.950. The van der Waals surface area contributed by atoms with Crippen molar-refractivity contribution in [3.05, 3.63) is 34.5 Å². The van der Waals surface area contributed by atoms with Gasteiger partial charge in [0.15, 0.2) is 12.0 Å². The van der Waals surface area contributed by atoms with Gasteiger partial charge in [0, 0.05) is 5.02 Å². The molecule has 4 nitrogen and oxygen atoms in total. The number of ether oxygens (including phenoxy) is 1. The molecule has 0 aliphatic heterocycles. The Hall–Kier alpha value is -1.81. The zero-order valence-corrected chi connectivity index (χ0v) is 10.1. The van der Waals surface area contributed by atoms with Crippen LogP contribution in [0.1, 0.15) is 16.1 Å². The molecule has 2 aromatic rings. The topological polar surface area (TPSA) is 52.3 Å². The van der Waals surface area contributed by atoms with Crippen LogP contribution in [0, 0.1) is 6.92 Å². The van der Waals surface area contributed by atoms with Crippen LogP contribution in [0.3, 0.4) is 0 Å². The maximum atomic E-state index is 11.0. The monoisotopic (exact) mass is 251 g/mol. The van der Waals surface area contributed by atoms with E-state index in [1.165, 1.54) is 7.11 Å². The molecule has 0 saturated carbocycles. The van der Waals surface area contributed by atoms with E-state index in [0.29, 0.717) is 39.6 Å². The molecule has 0 unspecified atom stereocenters. The maximum Gasteiger partial charge on any atom is 0.181 e. The third kappa shape index (κ3) is 2.03. The lowest BCUT2D eigenvalue weighted by molar-refractivity contribution is 0.112. The van der Waals surface area contributed by atoms with Crippen molar-refractivity contribution in [2.45, 2.75) is 6.92 Å². The fourth-order valence-electron chi connectivity index (χ4n) is 1.57. The molecule has 1 heterocycles. The molecule has 0 spiro atoms. The molecule has 0 aliphatic carbocycles. The van der Waals surface area contributed by atoms with Crippen LogP contribution < -0.4 is 4.74 Å². The first-order valence-corrected chi connectivity index (χ1v) is 5.30. The van der Waals surface area contributed by atoms with Gasteiger partial charge in [0.2, 0.25) is 0 Å². The highest BCUT2D eigenvalue weighted by atomic mass is 35.5. The number of hydrogen-bond acceptors (Lipinski definition) is 4.